The Labute approximate surface area is 224 Å². The minimum Gasteiger partial charge on any atom is -0.481 e. The Kier molecular flexibility index (Phi) is 8.55. The van der Waals surface area contributed by atoms with E-state index in [9.17, 15) is 33.9 Å². The van der Waals surface area contributed by atoms with Gasteiger partial charge in [-0.25, -0.2) is 9.80 Å². The van der Waals surface area contributed by atoms with E-state index in [0.717, 1.165) is 15.8 Å². The number of nitrogens with one attached hydrogen (secondary N) is 2. The highest BCUT2D eigenvalue weighted by Gasteiger charge is 2.44. The predicted octanol–water partition coefficient (Wildman–Crippen LogP) is 0.642. The standard InChI is InChI=1S/C27H30N4O8/c1-28-19-10-11-23(33)30-12-4-7-21(31(30)26(19)37)25(36)29-20(14-24(34)35)22(32)15-39-27(38)18-9-8-16-5-2-3-6-17(16)13-18/h2-3,5-6,8-9,13,19-21,28H,4,7,10-12,14-15H2,1H3,(H,29,36)(H,34,35). The summed E-state index contributed by atoms with van der Waals surface area (Å²) in [6, 6.07) is 9.02. The van der Waals surface area contributed by atoms with E-state index in [1.54, 1.807) is 25.2 Å². The van der Waals surface area contributed by atoms with Gasteiger partial charge in [-0.05, 0) is 49.2 Å². The topological polar surface area (TPSA) is 162 Å². The molecule has 0 bridgehead atoms. The highest BCUT2D eigenvalue weighted by atomic mass is 16.5. The number of fused-ring (bicyclic) bond motifs is 2. The van der Waals surface area contributed by atoms with E-state index in [-0.39, 0.29) is 37.3 Å². The highest BCUT2D eigenvalue weighted by molar-refractivity contribution is 5.99. The molecule has 2 aromatic carbocycles. The van der Waals surface area contributed by atoms with Gasteiger partial charge in [-0.3, -0.25) is 29.0 Å². The average Bonchev–Trinajstić information content (AvgIpc) is 3.06. The summed E-state index contributed by atoms with van der Waals surface area (Å²) in [5.41, 5.74) is 0.214. The second kappa shape index (κ2) is 12.0. The van der Waals surface area contributed by atoms with E-state index in [4.69, 9.17) is 4.74 Å². The number of ether oxygens (including phenoxy) is 1. The molecular weight excluding hydrogens is 508 g/mol. The molecule has 0 radical (unpaired) electrons. The van der Waals surface area contributed by atoms with Gasteiger partial charge in [-0.2, -0.15) is 0 Å². The number of carboxylic acid groups (broad SMARTS) is 1. The number of likely N-dealkylation sites (N-methyl/N-ethyl adjacent to an activating group) is 1. The van der Waals surface area contributed by atoms with Crippen molar-refractivity contribution in [3.63, 3.8) is 0 Å². The molecule has 0 aliphatic carbocycles. The van der Waals surface area contributed by atoms with Crippen LogP contribution in [0.1, 0.15) is 42.5 Å². The lowest BCUT2D eigenvalue weighted by Crippen LogP contribution is -2.64. The molecular formula is C27H30N4O8. The molecule has 4 rings (SSSR count). The maximum atomic E-state index is 13.3. The van der Waals surface area contributed by atoms with E-state index < -0.39 is 60.7 Å². The number of carboxylic acids is 1. The van der Waals surface area contributed by atoms with E-state index in [2.05, 4.69) is 10.6 Å². The summed E-state index contributed by atoms with van der Waals surface area (Å²) >= 11 is 0. The van der Waals surface area contributed by atoms with Crippen molar-refractivity contribution in [3.05, 3.63) is 48.0 Å². The minimum absolute atomic E-state index is 0.130. The van der Waals surface area contributed by atoms with E-state index >= 15 is 0 Å². The molecule has 206 valence electrons. The van der Waals surface area contributed by atoms with Crippen LogP contribution in [0.25, 0.3) is 10.8 Å². The van der Waals surface area contributed by atoms with Crippen LogP contribution in [0.3, 0.4) is 0 Å². The van der Waals surface area contributed by atoms with Crippen molar-refractivity contribution < 1.29 is 38.6 Å². The Morgan fingerprint density at radius 2 is 1.82 bits per heavy atom. The van der Waals surface area contributed by atoms with Crippen molar-refractivity contribution in [1.29, 1.82) is 0 Å². The summed E-state index contributed by atoms with van der Waals surface area (Å²) < 4.78 is 5.13. The van der Waals surface area contributed by atoms with Crippen molar-refractivity contribution in [2.75, 3.05) is 20.2 Å². The second-order valence-corrected chi connectivity index (χ2v) is 9.50. The Hall–Kier alpha value is -4.32. The van der Waals surface area contributed by atoms with Crippen LogP contribution < -0.4 is 10.6 Å². The SMILES string of the molecule is CNC1CCC(=O)N2CCCC(C(=O)NC(CC(=O)O)C(=O)COC(=O)c3ccc4ccccc4c3)N2C1=O. The van der Waals surface area contributed by atoms with Crippen LogP contribution in [0.15, 0.2) is 42.5 Å². The van der Waals surface area contributed by atoms with E-state index in [1.807, 2.05) is 24.3 Å². The number of nitrogens with zero attached hydrogens (tertiary/aromatic N) is 2. The third-order valence-electron chi connectivity index (χ3n) is 6.93. The maximum Gasteiger partial charge on any atom is 0.338 e. The van der Waals surface area contributed by atoms with Gasteiger partial charge < -0.3 is 20.5 Å². The third kappa shape index (κ3) is 6.23. The zero-order valence-corrected chi connectivity index (χ0v) is 21.4. The van der Waals surface area contributed by atoms with Crippen molar-refractivity contribution in [2.24, 2.45) is 0 Å². The van der Waals surface area contributed by atoms with Crippen molar-refractivity contribution in [3.8, 4) is 0 Å². The molecule has 39 heavy (non-hydrogen) atoms. The number of ketones is 1. The van der Waals surface area contributed by atoms with Crippen LogP contribution in [0.5, 0.6) is 0 Å². The zero-order chi connectivity index (χ0) is 28.1. The normalized spacial score (nSPS) is 20.1. The first-order valence-electron chi connectivity index (χ1n) is 12.7. The number of amides is 3. The number of hydrogen-bond acceptors (Lipinski definition) is 8. The molecule has 2 fully saturated rings. The number of carbonyl (C=O) groups is 6. The van der Waals surface area contributed by atoms with Gasteiger partial charge in [0.1, 0.15) is 12.1 Å². The molecule has 0 spiro atoms. The van der Waals surface area contributed by atoms with E-state index in [1.165, 1.54) is 5.01 Å². The van der Waals surface area contributed by atoms with Gasteiger partial charge in [0.05, 0.1) is 18.0 Å². The number of rotatable bonds is 9. The molecule has 2 heterocycles. The number of hydrazine groups is 1. The molecule has 3 unspecified atom stereocenters. The van der Waals surface area contributed by atoms with Crippen molar-refractivity contribution in [2.45, 2.75) is 50.2 Å². The Morgan fingerprint density at radius 1 is 1.08 bits per heavy atom. The minimum atomic E-state index is -1.51. The summed E-state index contributed by atoms with van der Waals surface area (Å²) in [5.74, 6) is -4.46. The summed E-state index contributed by atoms with van der Waals surface area (Å²) in [6.45, 7) is -0.489. The first kappa shape index (κ1) is 27.7. The Bertz CT molecular complexity index is 1310. The monoisotopic (exact) mass is 538 g/mol. The Balaban J connectivity index is 1.45. The molecule has 2 saturated heterocycles. The fourth-order valence-corrected chi connectivity index (χ4v) is 4.86. The molecule has 0 saturated carbocycles. The lowest BCUT2D eigenvalue weighted by molar-refractivity contribution is -0.176. The third-order valence-corrected chi connectivity index (χ3v) is 6.93. The van der Waals surface area contributed by atoms with Crippen LogP contribution in [0.2, 0.25) is 0 Å². The second-order valence-electron chi connectivity index (χ2n) is 9.50. The van der Waals surface area contributed by atoms with Crippen molar-refractivity contribution >= 4 is 46.2 Å². The fraction of sp³-hybridized carbons (Fsp3) is 0.407. The largest absolute Gasteiger partial charge is 0.481 e. The zero-order valence-electron chi connectivity index (χ0n) is 21.4. The number of esters is 1. The van der Waals surface area contributed by atoms with Gasteiger partial charge in [0, 0.05) is 13.0 Å². The molecule has 2 aliphatic heterocycles. The number of Topliss-reactive ketones (excluding diaryl/α,β-unsaturated/α-hetero) is 1. The molecule has 2 aliphatic rings. The lowest BCUT2D eigenvalue weighted by atomic mass is 10.0. The van der Waals surface area contributed by atoms with Gasteiger partial charge >= 0.3 is 11.9 Å². The van der Waals surface area contributed by atoms with Crippen LogP contribution in [-0.2, 0) is 28.7 Å². The van der Waals surface area contributed by atoms with Crippen LogP contribution in [-0.4, -0.2) is 88.9 Å². The first-order valence-corrected chi connectivity index (χ1v) is 12.7. The highest BCUT2D eigenvalue weighted by Crippen LogP contribution is 2.25. The van der Waals surface area contributed by atoms with Gasteiger partial charge in [0.15, 0.2) is 12.4 Å². The summed E-state index contributed by atoms with van der Waals surface area (Å²) in [7, 11) is 1.59. The van der Waals surface area contributed by atoms with E-state index in [0.29, 0.717) is 6.42 Å². The number of aliphatic carboxylic acids is 1. The first-order chi connectivity index (χ1) is 18.7. The fourth-order valence-electron chi connectivity index (χ4n) is 4.86. The Morgan fingerprint density at radius 3 is 2.54 bits per heavy atom. The number of carbonyl (C=O) groups excluding carboxylic acids is 5. The molecule has 12 nitrogen and oxygen atoms in total. The summed E-state index contributed by atoms with van der Waals surface area (Å²) in [5, 5.41) is 18.7. The van der Waals surface area contributed by atoms with Crippen molar-refractivity contribution in [1.82, 2.24) is 20.7 Å². The van der Waals surface area contributed by atoms with Gasteiger partial charge in [0.2, 0.25) is 11.8 Å². The van der Waals surface area contributed by atoms with Gasteiger partial charge in [-0.15, -0.1) is 0 Å². The lowest BCUT2D eigenvalue weighted by Gasteiger charge is -2.43. The molecule has 3 N–H and O–H groups in total. The smallest absolute Gasteiger partial charge is 0.338 e. The quantitative estimate of drug-likeness (QED) is 0.389. The summed E-state index contributed by atoms with van der Waals surface area (Å²) in [4.78, 5) is 76.0. The van der Waals surface area contributed by atoms with Crippen LogP contribution in [0, 0.1) is 0 Å². The molecule has 2 aromatic rings. The molecule has 12 heteroatoms. The van der Waals surface area contributed by atoms with Crippen LogP contribution in [0.4, 0.5) is 0 Å². The molecule has 0 aromatic heterocycles. The number of benzene rings is 2. The van der Waals surface area contributed by atoms with Gasteiger partial charge in [0.25, 0.3) is 5.91 Å². The van der Waals surface area contributed by atoms with Gasteiger partial charge in [-0.1, -0.05) is 30.3 Å². The molecule has 3 atom stereocenters. The van der Waals surface area contributed by atoms with Crippen LogP contribution >= 0.6 is 0 Å². The average molecular weight is 539 g/mol. The number of hydrogen-bond donors (Lipinski definition) is 3. The summed E-state index contributed by atoms with van der Waals surface area (Å²) in [6.07, 6.45) is 0.324. The predicted molar refractivity (Wildman–Crippen MR) is 137 cm³/mol. The maximum absolute atomic E-state index is 13.3. The molecule has 3 amide bonds.